The van der Waals surface area contributed by atoms with Gasteiger partial charge in [-0.15, -0.1) is 0 Å². The molecule has 0 aromatic heterocycles. The van der Waals surface area contributed by atoms with Crippen LogP contribution in [-0.2, 0) is 0 Å². The minimum atomic E-state index is -0.976. The predicted molar refractivity (Wildman–Crippen MR) is 74.6 cm³/mol. The van der Waals surface area contributed by atoms with Gasteiger partial charge in [0.25, 0.3) is 0 Å². The van der Waals surface area contributed by atoms with E-state index in [0.29, 0.717) is 12.2 Å². The summed E-state index contributed by atoms with van der Waals surface area (Å²) in [6, 6.07) is 5.98. The van der Waals surface area contributed by atoms with E-state index in [0.717, 1.165) is 19.4 Å². The quantitative estimate of drug-likeness (QED) is 0.829. The molecule has 2 N–H and O–H groups in total. The highest BCUT2D eigenvalue weighted by atomic mass is 16.4. The number of nitrogens with zero attached hydrogens (tertiary/aromatic N) is 1. The van der Waals surface area contributed by atoms with E-state index < -0.39 is 5.97 Å². The van der Waals surface area contributed by atoms with E-state index >= 15 is 0 Å². The zero-order valence-corrected chi connectivity index (χ0v) is 11.3. The molecule has 1 rings (SSSR count). The van der Waals surface area contributed by atoms with Crippen LogP contribution in [0.2, 0.25) is 0 Å². The normalized spacial score (nSPS) is 10.0. The van der Waals surface area contributed by atoms with Crippen molar-refractivity contribution in [1.29, 1.82) is 0 Å². The number of hydrogen-bond donors (Lipinski definition) is 2. The Hall–Kier alpha value is -2.04. The summed E-state index contributed by atoms with van der Waals surface area (Å²) in [5, 5.41) is 11.5. The number of carbonyl (C=O) groups is 2. The van der Waals surface area contributed by atoms with Crippen molar-refractivity contribution in [3.05, 3.63) is 29.8 Å². The summed E-state index contributed by atoms with van der Waals surface area (Å²) in [6.07, 6.45) is 2.01. The molecule has 0 unspecified atom stereocenters. The van der Waals surface area contributed by atoms with Crippen LogP contribution in [-0.4, -0.2) is 35.1 Å². The lowest BCUT2D eigenvalue weighted by molar-refractivity contribution is 0.0697. The number of urea groups is 1. The van der Waals surface area contributed by atoms with Gasteiger partial charge in [0, 0.05) is 18.8 Å². The Balaban J connectivity index is 2.62. The number of carbonyl (C=O) groups excluding carboxylic acids is 1. The van der Waals surface area contributed by atoms with Gasteiger partial charge in [0.05, 0.1) is 5.56 Å². The minimum absolute atomic E-state index is 0.154. The predicted octanol–water partition coefficient (Wildman–Crippen LogP) is 3.04. The van der Waals surface area contributed by atoms with Crippen molar-refractivity contribution < 1.29 is 14.7 Å². The molecule has 0 bridgehead atoms. The van der Waals surface area contributed by atoms with Gasteiger partial charge in [-0.3, -0.25) is 0 Å². The Morgan fingerprint density at radius 1 is 1.21 bits per heavy atom. The summed E-state index contributed by atoms with van der Waals surface area (Å²) in [4.78, 5) is 24.4. The maximum Gasteiger partial charge on any atom is 0.335 e. The molecule has 5 heteroatoms. The second kappa shape index (κ2) is 7.41. The fraction of sp³-hybridized carbons (Fsp3) is 0.429. The molecule has 19 heavy (non-hydrogen) atoms. The van der Waals surface area contributed by atoms with Crippen molar-refractivity contribution in [2.24, 2.45) is 0 Å². The van der Waals surface area contributed by atoms with Crippen LogP contribution in [0, 0.1) is 0 Å². The number of amides is 2. The van der Waals surface area contributed by atoms with Gasteiger partial charge in [-0.25, -0.2) is 9.59 Å². The van der Waals surface area contributed by atoms with Crippen LogP contribution < -0.4 is 5.32 Å². The molecule has 1 aromatic rings. The first kappa shape index (κ1) is 15.0. The molecular formula is C14H20N2O3. The first-order valence-corrected chi connectivity index (χ1v) is 6.47. The van der Waals surface area contributed by atoms with Gasteiger partial charge in [-0.05, 0) is 37.6 Å². The topological polar surface area (TPSA) is 69.6 Å². The Bertz CT molecular complexity index is 429. The zero-order valence-electron chi connectivity index (χ0n) is 11.3. The highest BCUT2D eigenvalue weighted by molar-refractivity contribution is 5.91. The summed E-state index contributed by atoms with van der Waals surface area (Å²) in [7, 11) is 0. The smallest absolute Gasteiger partial charge is 0.335 e. The number of unbranched alkanes of at least 4 members (excludes halogenated alkanes) is 1. The highest BCUT2D eigenvalue weighted by Crippen LogP contribution is 2.10. The molecule has 0 aliphatic rings. The summed E-state index contributed by atoms with van der Waals surface area (Å²) in [5.74, 6) is -0.976. The molecular weight excluding hydrogens is 244 g/mol. The zero-order chi connectivity index (χ0) is 14.3. The van der Waals surface area contributed by atoms with Crippen LogP contribution in [0.5, 0.6) is 0 Å². The number of hydrogen-bond acceptors (Lipinski definition) is 2. The SMILES string of the molecule is CCCCN(CC)C(=O)Nc1ccc(C(=O)O)cc1. The molecule has 0 fully saturated rings. The highest BCUT2D eigenvalue weighted by Gasteiger charge is 2.11. The molecule has 2 amide bonds. The Labute approximate surface area is 113 Å². The molecule has 104 valence electrons. The van der Waals surface area contributed by atoms with E-state index in [1.165, 1.54) is 12.1 Å². The molecule has 0 heterocycles. The van der Waals surface area contributed by atoms with E-state index in [-0.39, 0.29) is 11.6 Å². The van der Waals surface area contributed by atoms with Crippen LogP contribution >= 0.6 is 0 Å². The van der Waals surface area contributed by atoms with E-state index in [2.05, 4.69) is 12.2 Å². The van der Waals surface area contributed by atoms with Crippen LogP contribution in [0.3, 0.4) is 0 Å². The summed E-state index contributed by atoms with van der Waals surface area (Å²) in [5.41, 5.74) is 0.807. The lowest BCUT2D eigenvalue weighted by Gasteiger charge is -2.21. The second-order valence-electron chi connectivity index (χ2n) is 4.25. The molecule has 0 aliphatic heterocycles. The fourth-order valence-electron chi connectivity index (χ4n) is 1.65. The molecule has 0 atom stereocenters. The maximum absolute atomic E-state index is 12.0. The van der Waals surface area contributed by atoms with E-state index in [9.17, 15) is 9.59 Å². The van der Waals surface area contributed by atoms with Gasteiger partial charge < -0.3 is 15.3 Å². The van der Waals surface area contributed by atoms with Gasteiger partial charge in [0.2, 0.25) is 0 Å². The minimum Gasteiger partial charge on any atom is -0.478 e. The average molecular weight is 264 g/mol. The lowest BCUT2D eigenvalue weighted by Crippen LogP contribution is -2.35. The first-order valence-electron chi connectivity index (χ1n) is 6.47. The summed E-state index contributed by atoms with van der Waals surface area (Å²) in [6.45, 7) is 5.39. The number of aromatic carboxylic acids is 1. The second-order valence-corrected chi connectivity index (χ2v) is 4.25. The molecule has 0 saturated heterocycles. The van der Waals surface area contributed by atoms with Crippen molar-refractivity contribution >= 4 is 17.7 Å². The molecule has 5 nitrogen and oxygen atoms in total. The third kappa shape index (κ3) is 4.62. The first-order chi connectivity index (χ1) is 9.08. The third-order valence-corrected chi connectivity index (χ3v) is 2.83. The molecule has 0 radical (unpaired) electrons. The van der Waals surface area contributed by atoms with E-state index in [1.54, 1.807) is 17.0 Å². The van der Waals surface area contributed by atoms with Crippen LogP contribution in [0.4, 0.5) is 10.5 Å². The third-order valence-electron chi connectivity index (χ3n) is 2.83. The molecule has 0 saturated carbocycles. The van der Waals surface area contributed by atoms with Crippen molar-refractivity contribution in [2.45, 2.75) is 26.7 Å². The number of carboxylic acid groups (broad SMARTS) is 1. The number of nitrogens with one attached hydrogen (secondary N) is 1. The van der Waals surface area contributed by atoms with E-state index in [1.807, 2.05) is 6.92 Å². The molecule has 0 spiro atoms. The molecule has 0 aliphatic carbocycles. The van der Waals surface area contributed by atoms with Crippen molar-refractivity contribution in [3.8, 4) is 0 Å². The van der Waals surface area contributed by atoms with Crippen LogP contribution in [0.25, 0.3) is 0 Å². The standard InChI is InChI=1S/C14H20N2O3/c1-3-5-10-16(4-2)14(19)15-12-8-6-11(7-9-12)13(17)18/h6-9H,3-5,10H2,1-2H3,(H,15,19)(H,17,18). The van der Waals surface area contributed by atoms with Crippen molar-refractivity contribution in [1.82, 2.24) is 4.90 Å². The Morgan fingerprint density at radius 2 is 1.84 bits per heavy atom. The average Bonchev–Trinajstić information content (AvgIpc) is 2.40. The van der Waals surface area contributed by atoms with Crippen molar-refractivity contribution in [3.63, 3.8) is 0 Å². The largest absolute Gasteiger partial charge is 0.478 e. The van der Waals surface area contributed by atoms with Gasteiger partial charge in [-0.1, -0.05) is 13.3 Å². The number of benzene rings is 1. The lowest BCUT2D eigenvalue weighted by atomic mass is 10.2. The Morgan fingerprint density at radius 3 is 2.32 bits per heavy atom. The number of anilines is 1. The molecule has 1 aromatic carbocycles. The summed E-state index contributed by atoms with van der Waals surface area (Å²) >= 11 is 0. The van der Waals surface area contributed by atoms with Crippen molar-refractivity contribution in [2.75, 3.05) is 18.4 Å². The van der Waals surface area contributed by atoms with Crippen LogP contribution in [0.15, 0.2) is 24.3 Å². The fourth-order valence-corrected chi connectivity index (χ4v) is 1.65. The number of carboxylic acids is 1. The van der Waals surface area contributed by atoms with Crippen LogP contribution in [0.1, 0.15) is 37.0 Å². The summed E-state index contributed by atoms with van der Waals surface area (Å²) < 4.78 is 0. The maximum atomic E-state index is 12.0. The number of rotatable bonds is 6. The van der Waals surface area contributed by atoms with Gasteiger partial charge in [0.1, 0.15) is 0 Å². The monoisotopic (exact) mass is 264 g/mol. The Kier molecular flexibility index (Phi) is 5.85. The van der Waals surface area contributed by atoms with Gasteiger partial charge >= 0.3 is 12.0 Å². The van der Waals surface area contributed by atoms with Gasteiger partial charge in [-0.2, -0.15) is 0 Å². The van der Waals surface area contributed by atoms with E-state index in [4.69, 9.17) is 5.11 Å². The van der Waals surface area contributed by atoms with Gasteiger partial charge in [0.15, 0.2) is 0 Å².